The Balaban J connectivity index is 3.49. The number of carbonyl (C=O) groups excluding carboxylic acids is 1. The van der Waals surface area contributed by atoms with E-state index >= 15 is 0 Å². The predicted octanol–water partition coefficient (Wildman–Crippen LogP) is -0.516. The summed E-state index contributed by atoms with van der Waals surface area (Å²) in [6.45, 7) is 4.88. The van der Waals surface area contributed by atoms with Crippen molar-refractivity contribution in [3.8, 4) is 0 Å². The molecule has 0 heterocycles. The van der Waals surface area contributed by atoms with Gasteiger partial charge in [-0.3, -0.25) is 4.79 Å². The maximum absolute atomic E-state index is 10.3. The summed E-state index contributed by atoms with van der Waals surface area (Å²) in [6, 6.07) is 0. The first-order valence-electron chi connectivity index (χ1n) is 2.00. The SMILES string of the molecule is C=C(C)C(=O)NON. The van der Waals surface area contributed by atoms with Crippen molar-refractivity contribution in [2.75, 3.05) is 0 Å². The van der Waals surface area contributed by atoms with Crippen molar-refractivity contribution in [3.05, 3.63) is 12.2 Å². The van der Waals surface area contributed by atoms with Crippen LogP contribution in [0.1, 0.15) is 6.92 Å². The van der Waals surface area contributed by atoms with Crippen molar-refractivity contribution in [1.29, 1.82) is 0 Å². The Bertz CT molecular complexity index is 111. The van der Waals surface area contributed by atoms with E-state index in [1.54, 1.807) is 6.92 Å². The topological polar surface area (TPSA) is 64.3 Å². The van der Waals surface area contributed by atoms with E-state index in [9.17, 15) is 4.79 Å². The molecule has 0 aliphatic heterocycles. The highest BCUT2D eigenvalue weighted by atomic mass is 16.8. The molecule has 0 aromatic carbocycles. The number of hydroxylamine groups is 1. The summed E-state index contributed by atoms with van der Waals surface area (Å²) in [5.74, 6) is 4.08. The molecule has 46 valence electrons. The number of nitrogens with two attached hydrogens (primary N) is 1. The van der Waals surface area contributed by atoms with E-state index in [4.69, 9.17) is 0 Å². The third kappa shape index (κ3) is 2.33. The van der Waals surface area contributed by atoms with Crippen LogP contribution in [0.4, 0.5) is 0 Å². The van der Waals surface area contributed by atoms with Gasteiger partial charge in [0.15, 0.2) is 0 Å². The Morgan fingerprint density at radius 1 is 1.88 bits per heavy atom. The van der Waals surface area contributed by atoms with Crippen LogP contribution in [0.5, 0.6) is 0 Å². The molecule has 0 aromatic heterocycles. The molecular weight excluding hydrogens is 108 g/mol. The van der Waals surface area contributed by atoms with Crippen LogP contribution in [-0.4, -0.2) is 5.91 Å². The lowest BCUT2D eigenvalue weighted by atomic mass is 10.3. The summed E-state index contributed by atoms with van der Waals surface area (Å²) in [4.78, 5) is 14.1. The van der Waals surface area contributed by atoms with Gasteiger partial charge in [-0.2, -0.15) is 10.8 Å². The summed E-state index contributed by atoms with van der Waals surface area (Å²) in [6.07, 6.45) is 0. The Labute approximate surface area is 47.2 Å². The van der Waals surface area contributed by atoms with Crippen molar-refractivity contribution in [1.82, 2.24) is 5.48 Å². The molecule has 0 saturated carbocycles. The number of amides is 1. The molecule has 0 rings (SSSR count). The average molecular weight is 116 g/mol. The first-order chi connectivity index (χ1) is 3.68. The molecule has 3 N–H and O–H groups in total. The molecular formula is C4H8N2O2. The Hall–Kier alpha value is -0.870. The molecule has 0 atom stereocenters. The predicted molar refractivity (Wildman–Crippen MR) is 28.2 cm³/mol. The molecule has 4 heteroatoms. The van der Waals surface area contributed by atoms with Crippen LogP contribution in [0.3, 0.4) is 0 Å². The number of carbonyl (C=O) groups is 1. The van der Waals surface area contributed by atoms with E-state index in [1.165, 1.54) is 0 Å². The summed E-state index contributed by atoms with van der Waals surface area (Å²) in [5.41, 5.74) is 2.24. The summed E-state index contributed by atoms with van der Waals surface area (Å²) < 4.78 is 0. The lowest BCUT2D eigenvalue weighted by molar-refractivity contribution is -0.129. The van der Waals surface area contributed by atoms with E-state index in [1.807, 2.05) is 5.48 Å². The summed E-state index contributed by atoms with van der Waals surface area (Å²) >= 11 is 0. The van der Waals surface area contributed by atoms with E-state index in [2.05, 4.69) is 17.4 Å². The van der Waals surface area contributed by atoms with Gasteiger partial charge in [-0.05, 0) is 6.92 Å². The van der Waals surface area contributed by atoms with Gasteiger partial charge in [0, 0.05) is 5.57 Å². The molecule has 0 spiro atoms. The van der Waals surface area contributed by atoms with E-state index in [0.717, 1.165) is 0 Å². The zero-order chi connectivity index (χ0) is 6.57. The second kappa shape index (κ2) is 3.17. The molecule has 0 aliphatic carbocycles. The third-order valence-electron chi connectivity index (χ3n) is 0.539. The fourth-order valence-electron chi connectivity index (χ4n) is 0.141. The fraction of sp³-hybridized carbons (Fsp3) is 0.250. The number of hydrogen-bond donors (Lipinski definition) is 2. The maximum atomic E-state index is 10.3. The molecule has 1 amide bonds. The van der Waals surface area contributed by atoms with Gasteiger partial charge in [-0.15, -0.1) is 0 Å². The minimum absolute atomic E-state index is 0.357. The van der Waals surface area contributed by atoms with Gasteiger partial charge in [0.25, 0.3) is 5.91 Å². The van der Waals surface area contributed by atoms with Crippen molar-refractivity contribution in [3.63, 3.8) is 0 Å². The molecule has 0 fully saturated rings. The van der Waals surface area contributed by atoms with Crippen molar-refractivity contribution in [2.24, 2.45) is 5.90 Å². The normalized spacial score (nSPS) is 8.25. The zero-order valence-corrected chi connectivity index (χ0v) is 4.60. The van der Waals surface area contributed by atoms with Crippen LogP contribution in [0.2, 0.25) is 0 Å². The average Bonchev–Trinajstić information content (AvgIpc) is 1.67. The molecule has 0 aromatic rings. The van der Waals surface area contributed by atoms with E-state index < -0.39 is 5.91 Å². The van der Waals surface area contributed by atoms with Crippen molar-refractivity contribution >= 4 is 5.91 Å². The largest absolute Gasteiger partial charge is 0.271 e. The minimum Gasteiger partial charge on any atom is -0.267 e. The van der Waals surface area contributed by atoms with Gasteiger partial charge in [0.2, 0.25) is 0 Å². The van der Waals surface area contributed by atoms with Gasteiger partial charge in [-0.25, -0.2) is 5.48 Å². The van der Waals surface area contributed by atoms with Gasteiger partial charge >= 0.3 is 0 Å². The highest BCUT2D eigenvalue weighted by molar-refractivity contribution is 5.91. The first kappa shape index (κ1) is 7.13. The van der Waals surface area contributed by atoms with Gasteiger partial charge < -0.3 is 0 Å². The lowest BCUT2D eigenvalue weighted by Crippen LogP contribution is -2.26. The highest BCUT2D eigenvalue weighted by Crippen LogP contribution is 1.82. The molecule has 0 radical (unpaired) electrons. The highest BCUT2D eigenvalue weighted by Gasteiger charge is 1.96. The van der Waals surface area contributed by atoms with Crippen LogP contribution in [-0.2, 0) is 9.73 Å². The second-order valence-corrected chi connectivity index (χ2v) is 1.33. The Kier molecular flexibility index (Phi) is 2.83. The molecule has 0 aliphatic rings. The Morgan fingerprint density at radius 3 is 2.50 bits per heavy atom. The molecule has 4 nitrogen and oxygen atoms in total. The van der Waals surface area contributed by atoms with Crippen LogP contribution in [0.15, 0.2) is 12.2 Å². The van der Waals surface area contributed by atoms with Gasteiger partial charge in [0.1, 0.15) is 0 Å². The summed E-state index contributed by atoms with van der Waals surface area (Å²) in [5, 5.41) is 0. The smallest absolute Gasteiger partial charge is 0.267 e. The quantitative estimate of drug-likeness (QED) is 0.377. The molecule has 0 unspecified atom stereocenters. The number of hydrogen-bond acceptors (Lipinski definition) is 3. The van der Waals surface area contributed by atoms with E-state index in [-0.39, 0.29) is 0 Å². The third-order valence-corrected chi connectivity index (χ3v) is 0.539. The van der Waals surface area contributed by atoms with Crippen LogP contribution < -0.4 is 11.4 Å². The van der Waals surface area contributed by atoms with Gasteiger partial charge in [-0.1, -0.05) is 6.58 Å². The summed E-state index contributed by atoms with van der Waals surface area (Å²) in [7, 11) is 0. The molecule has 0 saturated heterocycles. The van der Waals surface area contributed by atoms with Crippen molar-refractivity contribution < 1.29 is 9.73 Å². The maximum Gasteiger partial charge on any atom is 0.271 e. The number of rotatable bonds is 2. The van der Waals surface area contributed by atoms with E-state index in [0.29, 0.717) is 5.57 Å². The van der Waals surface area contributed by atoms with Gasteiger partial charge in [0.05, 0.1) is 0 Å². The van der Waals surface area contributed by atoms with Crippen LogP contribution >= 0.6 is 0 Å². The van der Waals surface area contributed by atoms with Crippen LogP contribution in [0.25, 0.3) is 0 Å². The molecule has 0 bridgehead atoms. The van der Waals surface area contributed by atoms with Crippen LogP contribution in [0, 0.1) is 0 Å². The fourth-order valence-corrected chi connectivity index (χ4v) is 0.141. The molecule has 8 heavy (non-hydrogen) atoms. The monoisotopic (exact) mass is 116 g/mol. The number of nitrogens with one attached hydrogen (secondary N) is 1. The van der Waals surface area contributed by atoms with Crippen molar-refractivity contribution in [2.45, 2.75) is 6.92 Å². The minimum atomic E-state index is -0.410. The zero-order valence-electron chi connectivity index (χ0n) is 4.60. The first-order valence-corrected chi connectivity index (χ1v) is 2.00. The Morgan fingerprint density at radius 2 is 2.38 bits per heavy atom. The lowest BCUT2D eigenvalue weighted by Gasteiger charge is -1.96. The second-order valence-electron chi connectivity index (χ2n) is 1.33. The standard InChI is InChI=1S/C4H8N2O2/c1-3(2)4(7)6-8-5/h1,5H2,2H3,(H,6,7).